The number of benzene rings is 1. The quantitative estimate of drug-likeness (QED) is 0.275. The van der Waals surface area contributed by atoms with Gasteiger partial charge in [0.1, 0.15) is 5.78 Å². The summed E-state index contributed by atoms with van der Waals surface area (Å²) in [6.45, 7) is 14.8. The van der Waals surface area contributed by atoms with Gasteiger partial charge >= 0.3 is 0 Å². The topological polar surface area (TPSA) is 54.0 Å². The highest BCUT2D eigenvalue weighted by Crippen LogP contribution is 2.39. The van der Waals surface area contributed by atoms with Crippen LogP contribution in [0.2, 0.25) is 18.1 Å². The summed E-state index contributed by atoms with van der Waals surface area (Å²) in [5.41, 5.74) is 1.14. The van der Waals surface area contributed by atoms with Gasteiger partial charge in [-0.2, -0.15) is 0 Å². The van der Waals surface area contributed by atoms with Gasteiger partial charge in [-0.1, -0.05) is 63.3 Å². The van der Waals surface area contributed by atoms with Gasteiger partial charge < -0.3 is 23.4 Å². The Kier molecular flexibility index (Phi) is 9.44. The monoisotopic (exact) mass is 434 g/mol. The average Bonchev–Trinajstić information content (AvgIpc) is 3.19. The summed E-state index contributed by atoms with van der Waals surface area (Å²) in [6, 6.07) is 10.1. The Balaban J connectivity index is 2.11. The molecule has 30 heavy (non-hydrogen) atoms. The van der Waals surface area contributed by atoms with E-state index in [2.05, 4.69) is 33.9 Å². The van der Waals surface area contributed by atoms with Crippen molar-refractivity contribution < 1.29 is 23.4 Å². The summed E-state index contributed by atoms with van der Waals surface area (Å²) in [5, 5.41) is 0.0566. The molecule has 6 heteroatoms. The normalized spacial score (nSPS) is 18.1. The number of Topliss-reactive ketones (excluding diaryl/α,β-unsaturated/α-hetero) is 1. The molecule has 0 bridgehead atoms. The van der Waals surface area contributed by atoms with E-state index >= 15 is 0 Å². The third-order valence-electron chi connectivity index (χ3n) is 5.83. The fourth-order valence-corrected chi connectivity index (χ4v) is 4.41. The summed E-state index contributed by atoms with van der Waals surface area (Å²) in [6.07, 6.45) is 3.70. The second-order valence-corrected chi connectivity index (χ2v) is 14.2. The summed E-state index contributed by atoms with van der Waals surface area (Å²) in [7, 11) is -2.07. The van der Waals surface area contributed by atoms with Crippen LogP contribution in [0.3, 0.4) is 0 Å². The summed E-state index contributed by atoms with van der Waals surface area (Å²) in [5.74, 6) is -0.0684. The molecule has 1 heterocycles. The van der Waals surface area contributed by atoms with Crippen LogP contribution in [-0.4, -0.2) is 46.3 Å². The van der Waals surface area contributed by atoms with Gasteiger partial charge in [-0.15, -0.1) is 0 Å². The maximum Gasteiger partial charge on any atom is 0.192 e. The molecule has 0 radical (unpaired) electrons. The first-order valence-corrected chi connectivity index (χ1v) is 13.7. The molecule has 0 aromatic heterocycles. The molecule has 1 aliphatic heterocycles. The number of carbonyl (C=O) groups is 1. The van der Waals surface area contributed by atoms with E-state index in [1.807, 2.05) is 42.5 Å². The van der Waals surface area contributed by atoms with Crippen molar-refractivity contribution >= 4 is 14.1 Å². The van der Waals surface area contributed by atoms with E-state index in [4.69, 9.17) is 18.6 Å². The lowest BCUT2D eigenvalue weighted by molar-refractivity contribution is -0.131. The largest absolute Gasteiger partial charge is 0.410 e. The van der Waals surface area contributed by atoms with Gasteiger partial charge in [-0.25, -0.2) is 0 Å². The Hall–Kier alpha value is -1.31. The van der Waals surface area contributed by atoms with Crippen LogP contribution in [0.5, 0.6) is 0 Å². The van der Waals surface area contributed by atoms with Crippen LogP contribution >= 0.6 is 0 Å². The van der Waals surface area contributed by atoms with Crippen molar-refractivity contribution in [3.63, 3.8) is 0 Å². The van der Waals surface area contributed by atoms with Gasteiger partial charge in [0.2, 0.25) is 0 Å². The predicted molar refractivity (Wildman–Crippen MR) is 122 cm³/mol. The van der Waals surface area contributed by atoms with Crippen LogP contribution in [0, 0.1) is 5.92 Å². The molecule has 1 aromatic carbocycles. The van der Waals surface area contributed by atoms with Crippen LogP contribution in [-0.2, 0) is 30.0 Å². The van der Waals surface area contributed by atoms with Gasteiger partial charge in [0.15, 0.2) is 14.6 Å². The minimum atomic E-state index is -2.07. The Morgan fingerprint density at radius 2 is 1.83 bits per heavy atom. The molecule has 0 saturated carbocycles. The van der Waals surface area contributed by atoms with E-state index in [1.165, 1.54) is 0 Å². The van der Waals surface area contributed by atoms with Crippen molar-refractivity contribution in [2.24, 2.45) is 5.92 Å². The lowest BCUT2D eigenvalue weighted by Gasteiger charge is -2.41. The molecular formula is C24H38O5Si. The number of rotatable bonds is 11. The third kappa shape index (κ3) is 7.74. The number of ether oxygens (including phenoxy) is 3. The molecule has 2 atom stereocenters. The van der Waals surface area contributed by atoms with E-state index in [0.29, 0.717) is 32.8 Å². The lowest BCUT2D eigenvalue weighted by Crippen LogP contribution is -2.47. The standard InChI is InChI=1S/C24H38O5Si/c1-19(25)17-21(23-27-15-16-28-23)22(29-30(5,6)24(2,3)4)13-10-14-26-18-20-11-8-7-9-12-20/h7-13,21-23H,14-18H2,1-6H3/b13-10+/t21-,22+/m0/s1. The van der Waals surface area contributed by atoms with Crippen molar-refractivity contribution in [1.82, 2.24) is 0 Å². The predicted octanol–water partition coefficient (Wildman–Crippen LogP) is 5.12. The smallest absolute Gasteiger partial charge is 0.192 e. The van der Waals surface area contributed by atoms with E-state index in [-0.39, 0.29) is 22.8 Å². The molecule has 0 amide bonds. The first-order valence-electron chi connectivity index (χ1n) is 10.8. The highest BCUT2D eigenvalue weighted by atomic mass is 28.4. The SMILES string of the molecule is CC(=O)C[C@H](C1OCCO1)[C@@H](/C=C/COCc1ccccc1)O[Si](C)(C)C(C)(C)C. The highest BCUT2D eigenvalue weighted by Gasteiger charge is 2.42. The Bertz CT molecular complexity index is 675. The number of hydrogen-bond donors (Lipinski definition) is 0. The van der Waals surface area contributed by atoms with E-state index < -0.39 is 14.6 Å². The number of ketones is 1. The molecule has 1 saturated heterocycles. The van der Waals surface area contributed by atoms with Crippen molar-refractivity contribution in [2.75, 3.05) is 19.8 Å². The van der Waals surface area contributed by atoms with Gasteiger partial charge in [-0.05, 0) is 30.6 Å². The van der Waals surface area contributed by atoms with Gasteiger partial charge in [0.25, 0.3) is 0 Å². The molecule has 0 aliphatic carbocycles. The van der Waals surface area contributed by atoms with E-state index in [9.17, 15) is 4.79 Å². The van der Waals surface area contributed by atoms with Crippen molar-refractivity contribution in [3.05, 3.63) is 48.0 Å². The maximum absolute atomic E-state index is 12.0. The molecule has 1 aliphatic rings. The van der Waals surface area contributed by atoms with E-state index in [0.717, 1.165) is 5.56 Å². The molecule has 0 N–H and O–H groups in total. The molecule has 5 nitrogen and oxygen atoms in total. The van der Waals surface area contributed by atoms with Gasteiger partial charge in [-0.3, -0.25) is 0 Å². The third-order valence-corrected chi connectivity index (χ3v) is 10.3. The average molecular weight is 435 g/mol. The number of carbonyl (C=O) groups excluding carboxylic acids is 1. The Morgan fingerprint density at radius 3 is 2.40 bits per heavy atom. The molecule has 0 spiro atoms. The zero-order chi connectivity index (χ0) is 22.2. The van der Waals surface area contributed by atoms with Crippen LogP contribution in [0.15, 0.2) is 42.5 Å². The lowest BCUT2D eigenvalue weighted by atomic mass is 9.95. The summed E-state index contributed by atoms with van der Waals surface area (Å²) < 4.78 is 24.1. The van der Waals surface area contributed by atoms with Crippen LogP contribution in [0.25, 0.3) is 0 Å². The summed E-state index contributed by atoms with van der Waals surface area (Å²) in [4.78, 5) is 12.0. The fourth-order valence-electron chi connectivity index (χ4n) is 3.12. The van der Waals surface area contributed by atoms with E-state index in [1.54, 1.807) is 6.92 Å². The minimum absolute atomic E-state index is 0.0566. The maximum atomic E-state index is 12.0. The number of hydrogen-bond acceptors (Lipinski definition) is 5. The van der Waals surface area contributed by atoms with Crippen molar-refractivity contribution in [1.29, 1.82) is 0 Å². The van der Waals surface area contributed by atoms with Crippen LogP contribution in [0.1, 0.15) is 39.7 Å². The molecule has 1 aromatic rings. The first-order chi connectivity index (χ1) is 14.1. The zero-order valence-electron chi connectivity index (χ0n) is 19.4. The fraction of sp³-hybridized carbons (Fsp3) is 0.625. The van der Waals surface area contributed by atoms with Crippen LogP contribution in [0.4, 0.5) is 0 Å². The molecule has 1 fully saturated rings. The molecule has 0 unspecified atom stereocenters. The second-order valence-electron chi connectivity index (χ2n) is 9.45. The molecule has 168 valence electrons. The zero-order valence-corrected chi connectivity index (χ0v) is 20.4. The Labute approximate surface area is 182 Å². The highest BCUT2D eigenvalue weighted by molar-refractivity contribution is 6.74. The van der Waals surface area contributed by atoms with Gasteiger partial charge in [0.05, 0.1) is 32.5 Å². The minimum Gasteiger partial charge on any atom is -0.410 e. The molecular weight excluding hydrogens is 396 g/mol. The van der Waals surface area contributed by atoms with Crippen molar-refractivity contribution in [2.45, 2.75) is 71.2 Å². The summed E-state index contributed by atoms with van der Waals surface area (Å²) >= 11 is 0. The second kappa shape index (κ2) is 11.3. The van der Waals surface area contributed by atoms with Crippen molar-refractivity contribution in [3.8, 4) is 0 Å². The Morgan fingerprint density at radius 1 is 1.20 bits per heavy atom. The first kappa shape index (κ1) is 25.0. The van der Waals surface area contributed by atoms with Crippen LogP contribution < -0.4 is 0 Å². The van der Waals surface area contributed by atoms with Gasteiger partial charge in [0, 0.05) is 12.3 Å². The molecule has 2 rings (SSSR count).